The number of ether oxygens (including phenoxy) is 1. The number of carbonyl (C=O) groups excluding carboxylic acids is 3. The van der Waals surface area contributed by atoms with E-state index in [-0.39, 0.29) is 16.6 Å². The van der Waals surface area contributed by atoms with Gasteiger partial charge in [0.15, 0.2) is 0 Å². The van der Waals surface area contributed by atoms with Crippen LogP contribution in [-0.4, -0.2) is 24.3 Å². The van der Waals surface area contributed by atoms with Crippen LogP contribution in [0, 0.1) is 0 Å². The van der Waals surface area contributed by atoms with Crippen LogP contribution in [0.2, 0.25) is 0 Å². The summed E-state index contributed by atoms with van der Waals surface area (Å²) >= 11 is 6.22. The number of carbonyl (C=O) groups is 3. The lowest BCUT2D eigenvalue weighted by atomic mass is 10.1. The van der Waals surface area contributed by atoms with Crippen molar-refractivity contribution in [2.75, 3.05) is 22.1 Å². The molecule has 0 bridgehead atoms. The van der Waals surface area contributed by atoms with Crippen molar-refractivity contribution in [1.29, 1.82) is 0 Å². The molecule has 3 aromatic carbocycles. The maximum Gasteiger partial charge on any atom is 0.283 e. The van der Waals surface area contributed by atoms with E-state index in [2.05, 4.69) is 10.6 Å². The predicted octanol–water partition coefficient (Wildman–Crippen LogP) is 5.34. The van der Waals surface area contributed by atoms with E-state index in [1.54, 1.807) is 48.5 Å². The SMILES string of the molecule is CCOc1ccccc1NC(=O)c1ccc(NC2=C(Cl)C(=O)N(c3ccc(CC)cc3)C2=O)cc1. The number of hydrogen-bond acceptors (Lipinski definition) is 5. The molecule has 3 aromatic rings. The fraction of sp³-hybridized carbons (Fsp3) is 0.148. The van der Waals surface area contributed by atoms with E-state index in [0.717, 1.165) is 16.9 Å². The van der Waals surface area contributed by atoms with Crippen LogP contribution in [0.1, 0.15) is 29.8 Å². The van der Waals surface area contributed by atoms with Crippen LogP contribution >= 0.6 is 11.6 Å². The molecule has 178 valence electrons. The Morgan fingerprint density at radius 3 is 2.26 bits per heavy atom. The van der Waals surface area contributed by atoms with Gasteiger partial charge in [0.25, 0.3) is 17.7 Å². The summed E-state index contributed by atoms with van der Waals surface area (Å²) < 4.78 is 5.54. The number of nitrogens with one attached hydrogen (secondary N) is 2. The van der Waals surface area contributed by atoms with E-state index < -0.39 is 11.8 Å². The molecule has 0 saturated carbocycles. The number of hydrogen-bond donors (Lipinski definition) is 2. The number of benzene rings is 3. The molecule has 1 aliphatic rings. The third-order valence-corrected chi connectivity index (χ3v) is 5.83. The predicted molar refractivity (Wildman–Crippen MR) is 137 cm³/mol. The number of rotatable bonds is 8. The van der Waals surface area contributed by atoms with Crippen molar-refractivity contribution in [3.05, 3.63) is 94.7 Å². The highest BCUT2D eigenvalue weighted by Gasteiger charge is 2.38. The average Bonchev–Trinajstić information content (AvgIpc) is 3.08. The lowest BCUT2D eigenvalue weighted by Gasteiger charge is -2.15. The Labute approximate surface area is 208 Å². The van der Waals surface area contributed by atoms with Gasteiger partial charge in [0, 0.05) is 11.3 Å². The zero-order valence-electron chi connectivity index (χ0n) is 19.3. The summed E-state index contributed by atoms with van der Waals surface area (Å²) in [5, 5.41) is 5.56. The van der Waals surface area contributed by atoms with Gasteiger partial charge in [0.1, 0.15) is 16.5 Å². The molecule has 0 unspecified atom stereocenters. The van der Waals surface area contributed by atoms with E-state index in [1.807, 2.05) is 38.1 Å². The Morgan fingerprint density at radius 1 is 0.914 bits per heavy atom. The minimum atomic E-state index is -0.590. The molecule has 0 aromatic heterocycles. The summed E-state index contributed by atoms with van der Waals surface area (Å²) in [5.74, 6) is -0.859. The van der Waals surface area contributed by atoms with Gasteiger partial charge in [0.2, 0.25) is 0 Å². The van der Waals surface area contributed by atoms with Gasteiger partial charge in [-0.1, -0.05) is 42.8 Å². The fourth-order valence-electron chi connectivity index (χ4n) is 3.62. The number of anilines is 3. The van der Waals surface area contributed by atoms with Gasteiger partial charge in [-0.3, -0.25) is 14.4 Å². The van der Waals surface area contributed by atoms with Gasteiger partial charge in [-0.15, -0.1) is 0 Å². The van der Waals surface area contributed by atoms with Crippen molar-refractivity contribution < 1.29 is 19.1 Å². The minimum absolute atomic E-state index is 0.0147. The summed E-state index contributed by atoms with van der Waals surface area (Å²) in [6.07, 6.45) is 0.848. The van der Waals surface area contributed by atoms with E-state index in [4.69, 9.17) is 16.3 Å². The maximum atomic E-state index is 13.0. The van der Waals surface area contributed by atoms with Crippen molar-refractivity contribution >= 4 is 46.4 Å². The minimum Gasteiger partial charge on any atom is -0.492 e. The summed E-state index contributed by atoms with van der Waals surface area (Å²) in [7, 11) is 0. The van der Waals surface area contributed by atoms with Gasteiger partial charge in [0.05, 0.1) is 18.0 Å². The molecule has 0 radical (unpaired) electrons. The molecule has 0 spiro atoms. The maximum absolute atomic E-state index is 13.0. The second kappa shape index (κ2) is 10.4. The molecule has 4 rings (SSSR count). The number of halogens is 1. The van der Waals surface area contributed by atoms with Gasteiger partial charge in [-0.25, -0.2) is 4.90 Å². The average molecular weight is 490 g/mol. The van der Waals surface area contributed by atoms with Crippen LogP contribution in [0.5, 0.6) is 5.75 Å². The summed E-state index contributed by atoms with van der Waals surface area (Å²) in [5.41, 5.74) is 3.02. The van der Waals surface area contributed by atoms with Gasteiger partial charge in [-0.2, -0.15) is 0 Å². The molecule has 35 heavy (non-hydrogen) atoms. The first-order valence-electron chi connectivity index (χ1n) is 11.2. The number of nitrogens with zero attached hydrogens (tertiary/aromatic N) is 1. The monoisotopic (exact) mass is 489 g/mol. The molecule has 1 heterocycles. The molecular formula is C27H24ClN3O4. The topological polar surface area (TPSA) is 87.7 Å². The van der Waals surface area contributed by atoms with Gasteiger partial charge >= 0.3 is 0 Å². The third-order valence-electron chi connectivity index (χ3n) is 5.48. The lowest BCUT2D eigenvalue weighted by Crippen LogP contribution is -2.32. The molecule has 0 aliphatic carbocycles. The second-order valence-corrected chi connectivity index (χ2v) is 8.12. The van der Waals surface area contributed by atoms with Gasteiger partial charge in [-0.05, 0) is 67.4 Å². The quantitative estimate of drug-likeness (QED) is 0.417. The molecule has 0 atom stereocenters. The molecule has 7 nitrogen and oxygen atoms in total. The van der Waals surface area contributed by atoms with Crippen LogP contribution in [0.15, 0.2) is 83.5 Å². The zero-order valence-corrected chi connectivity index (χ0v) is 20.1. The summed E-state index contributed by atoms with van der Waals surface area (Å²) in [4.78, 5) is 39.4. The Balaban J connectivity index is 1.47. The standard InChI is InChI=1S/C27H24ClN3O4/c1-3-17-9-15-20(16-10-17)31-26(33)23(28)24(27(31)34)29-19-13-11-18(12-14-19)25(32)30-21-7-5-6-8-22(21)35-4-2/h5-16,29H,3-4H2,1-2H3,(H,30,32). The Kier molecular flexibility index (Phi) is 7.17. The van der Waals surface area contributed by atoms with Crippen molar-refractivity contribution in [3.63, 3.8) is 0 Å². The summed E-state index contributed by atoms with van der Waals surface area (Å²) in [6, 6.07) is 20.9. The number of imide groups is 1. The first-order chi connectivity index (χ1) is 16.9. The Hall–Kier alpha value is -4.10. The van der Waals surface area contributed by atoms with E-state index in [0.29, 0.717) is 35.0 Å². The molecule has 1 aliphatic heterocycles. The largest absolute Gasteiger partial charge is 0.492 e. The molecule has 3 amide bonds. The number of amides is 3. The molecule has 0 fully saturated rings. The van der Waals surface area contributed by atoms with Crippen LogP contribution < -0.4 is 20.3 Å². The van der Waals surface area contributed by atoms with Crippen molar-refractivity contribution in [1.82, 2.24) is 0 Å². The summed E-state index contributed by atoms with van der Waals surface area (Å²) in [6.45, 7) is 4.38. The first-order valence-corrected chi connectivity index (χ1v) is 11.6. The van der Waals surface area contributed by atoms with Crippen LogP contribution in [0.25, 0.3) is 0 Å². The highest BCUT2D eigenvalue weighted by Crippen LogP contribution is 2.30. The number of para-hydroxylation sites is 2. The molecule has 8 heteroatoms. The van der Waals surface area contributed by atoms with Crippen molar-refractivity contribution in [3.8, 4) is 5.75 Å². The molecule has 2 N–H and O–H groups in total. The molecule has 0 saturated heterocycles. The van der Waals surface area contributed by atoms with Crippen LogP contribution in [-0.2, 0) is 16.0 Å². The van der Waals surface area contributed by atoms with E-state index in [9.17, 15) is 14.4 Å². The Morgan fingerprint density at radius 2 is 1.60 bits per heavy atom. The van der Waals surface area contributed by atoms with Crippen molar-refractivity contribution in [2.24, 2.45) is 0 Å². The third kappa shape index (κ3) is 5.05. The first kappa shape index (κ1) is 24.0. The van der Waals surface area contributed by atoms with Crippen LogP contribution in [0.3, 0.4) is 0 Å². The fourth-order valence-corrected chi connectivity index (χ4v) is 3.83. The highest BCUT2D eigenvalue weighted by molar-refractivity contribution is 6.53. The van der Waals surface area contributed by atoms with E-state index in [1.165, 1.54) is 0 Å². The normalized spacial score (nSPS) is 13.3. The Bertz CT molecular complexity index is 1300. The molecular weight excluding hydrogens is 466 g/mol. The van der Waals surface area contributed by atoms with Gasteiger partial charge < -0.3 is 15.4 Å². The zero-order chi connectivity index (χ0) is 24.9. The smallest absolute Gasteiger partial charge is 0.283 e. The van der Waals surface area contributed by atoms with Crippen LogP contribution in [0.4, 0.5) is 17.1 Å². The van der Waals surface area contributed by atoms with Crippen molar-refractivity contribution in [2.45, 2.75) is 20.3 Å². The second-order valence-electron chi connectivity index (χ2n) is 7.74. The highest BCUT2D eigenvalue weighted by atomic mass is 35.5. The number of aryl methyl sites for hydroxylation is 1. The van der Waals surface area contributed by atoms with E-state index >= 15 is 0 Å². The lowest BCUT2D eigenvalue weighted by molar-refractivity contribution is -0.120.